The van der Waals surface area contributed by atoms with Crippen molar-refractivity contribution in [3.05, 3.63) is 23.8 Å². The maximum Gasteiger partial charge on any atom is 0.128 e. The van der Waals surface area contributed by atoms with Crippen molar-refractivity contribution in [2.45, 2.75) is 52.2 Å². The number of fused-ring (bicyclic) bond motifs is 1. The molecule has 0 aliphatic carbocycles. The second-order valence-corrected chi connectivity index (χ2v) is 6.09. The summed E-state index contributed by atoms with van der Waals surface area (Å²) in [6.07, 6.45) is 1.79. The molecule has 2 N–H and O–H groups in total. The smallest absolute Gasteiger partial charge is 0.128 e. The highest BCUT2D eigenvalue weighted by atomic mass is 16.5. The highest BCUT2D eigenvalue weighted by Gasteiger charge is 2.36. The van der Waals surface area contributed by atoms with Gasteiger partial charge in [-0.25, -0.2) is 0 Å². The second-order valence-electron chi connectivity index (χ2n) is 6.09. The lowest BCUT2D eigenvalue weighted by molar-refractivity contribution is 0.0489. The second kappa shape index (κ2) is 5.41. The Bertz CT molecular complexity index is 444. The molecule has 0 saturated carbocycles. The predicted octanol–water partition coefficient (Wildman–Crippen LogP) is 3.67. The molecule has 0 aromatic heterocycles. The van der Waals surface area contributed by atoms with Gasteiger partial charge in [0.2, 0.25) is 0 Å². The fourth-order valence-electron chi connectivity index (χ4n) is 2.45. The van der Waals surface area contributed by atoms with Crippen LogP contribution in [0.4, 0.5) is 0 Å². The van der Waals surface area contributed by atoms with Gasteiger partial charge in [0, 0.05) is 12.5 Å². The van der Waals surface area contributed by atoms with Gasteiger partial charge in [0.05, 0.1) is 12.2 Å². The van der Waals surface area contributed by atoms with Crippen molar-refractivity contribution in [3.8, 4) is 11.5 Å². The summed E-state index contributed by atoms with van der Waals surface area (Å²) in [4.78, 5) is 0. The van der Waals surface area contributed by atoms with Crippen molar-refractivity contribution in [3.63, 3.8) is 0 Å². The molecule has 3 nitrogen and oxygen atoms in total. The Labute approximate surface area is 116 Å². The van der Waals surface area contributed by atoms with Gasteiger partial charge >= 0.3 is 0 Å². The largest absolute Gasteiger partial charge is 0.493 e. The van der Waals surface area contributed by atoms with Crippen LogP contribution in [0.1, 0.15) is 52.1 Å². The molecule has 1 aliphatic rings. The molecule has 1 aliphatic heterocycles. The van der Waals surface area contributed by atoms with E-state index in [0.29, 0.717) is 12.5 Å². The zero-order valence-electron chi connectivity index (χ0n) is 12.4. The standard InChI is InChI=1S/C16H25NO2/c1-5-16(4)9-12(17)15-13(18-10-11(2)3)7-6-8-14(15)19-16/h6-8,11-12H,5,9-10,17H2,1-4H3. The van der Waals surface area contributed by atoms with Gasteiger partial charge in [-0.2, -0.15) is 0 Å². The van der Waals surface area contributed by atoms with Gasteiger partial charge in [-0.05, 0) is 31.4 Å². The molecular weight excluding hydrogens is 238 g/mol. The summed E-state index contributed by atoms with van der Waals surface area (Å²) in [5, 5.41) is 0. The lowest BCUT2D eigenvalue weighted by Crippen LogP contribution is -2.39. The van der Waals surface area contributed by atoms with Gasteiger partial charge in [0.1, 0.15) is 17.1 Å². The zero-order chi connectivity index (χ0) is 14.0. The van der Waals surface area contributed by atoms with Crippen LogP contribution < -0.4 is 15.2 Å². The van der Waals surface area contributed by atoms with Crippen molar-refractivity contribution < 1.29 is 9.47 Å². The van der Waals surface area contributed by atoms with Crippen LogP contribution in [0.5, 0.6) is 11.5 Å². The first-order valence-electron chi connectivity index (χ1n) is 7.15. The van der Waals surface area contributed by atoms with Crippen LogP contribution in [0.15, 0.2) is 18.2 Å². The Morgan fingerprint density at radius 1 is 1.47 bits per heavy atom. The Hall–Kier alpha value is -1.22. The third-order valence-electron chi connectivity index (χ3n) is 3.73. The van der Waals surface area contributed by atoms with Crippen LogP contribution in [0.3, 0.4) is 0 Å². The summed E-state index contributed by atoms with van der Waals surface area (Å²) >= 11 is 0. The SMILES string of the molecule is CCC1(C)CC(N)c2c(OCC(C)C)cccc2O1. The van der Waals surface area contributed by atoms with Gasteiger partial charge in [0.15, 0.2) is 0 Å². The number of hydrogen-bond donors (Lipinski definition) is 1. The first-order valence-corrected chi connectivity index (χ1v) is 7.15. The van der Waals surface area contributed by atoms with E-state index in [-0.39, 0.29) is 11.6 Å². The van der Waals surface area contributed by atoms with Crippen LogP contribution in [-0.4, -0.2) is 12.2 Å². The highest BCUT2D eigenvalue weighted by molar-refractivity contribution is 5.48. The van der Waals surface area contributed by atoms with Crippen LogP contribution in [0, 0.1) is 5.92 Å². The van der Waals surface area contributed by atoms with E-state index in [0.717, 1.165) is 29.9 Å². The van der Waals surface area contributed by atoms with Crippen LogP contribution in [0.25, 0.3) is 0 Å². The molecule has 1 aromatic carbocycles. The molecule has 0 saturated heterocycles. The average Bonchev–Trinajstić information content (AvgIpc) is 2.35. The van der Waals surface area contributed by atoms with Crippen molar-refractivity contribution in [1.82, 2.24) is 0 Å². The summed E-state index contributed by atoms with van der Waals surface area (Å²) in [6, 6.07) is 5.93. The monoisotopic (exact) mass is 263 g/mol. The van der Waals surface area contributed by atoms with Crippen molar-refractivity contribution in [2.24, 2.45) is 11.7 Å². The van der Waals surface area contributed by atoms with E-state index < -0.39 is 0 Å². The number of benzene rings is 1. The van der Waals surface area contributed by atoms with Gasteiger partial charge in [0.25, 0.3) is 0 Å². The number of rotatable bonds is 4. The first kappa shape index (κ1) is 14.2. The van der Waals surface area contributed by atoms with Gasteiger partial charge in [-0.15, -0.1) is 0 Å². The van der Waals surface area contributed by atoms with E-state index in [1.54, 1.807) is 0 Å². The average molecular weight is 263 g/mol. The topological polar surface area (TPSA) is 44.5 Å². The molecule has 3 heteroatoms. The van der Waals surface area contributed by atoms with Crippen molar-refractivity contribution in [2.75, 3.05) is 6.61 Å². The lowest BCUT2D eigenvalue weighted by atomic mass is 9.87. The molecule has 0 spiro atoms. The van der Waals surface area contributed by atoms with E-state index in [9.17, 15) is 0 Å². The molecular formula is C16H25NO2. The van der Waals surface area contributed by atoms with Gasteiger partial charge < -0.3 is 15.2 Å². The first-order chi connectivity index (χ1) is 8.95. The van der Waals surface area contributed by atoms with Gasteiger partial charge in [-0.3, -0.25) is 0 Å². The number of nitrogens with two attached hydrogens (primary N) is 1. The Balaban J connectivity index is 2.29. The molecule has 2 unspecified atom stereocenters. The molecule has 0 fully saturated rings. The zero-order valence-corrected chi connectivity index (χ0v) is 12.4. The molecule has 2 rings (SSSR count). The van der Waals surface area contributed by atoms with E-state index in [1.807, 2.05) is 18.2 Å². The fourth-order valence-corrected chi connectivity index (χ4v) is 2.45. The lowest BCUT2D eigenvalue weighted by Gasteiger charge is -2.38. The number of ether oxygens (including phenoxy) is 2. The van der Waals surface area contributed by atoms with E-state index in [4.69, 9.17) is 15.2 Å². The minimum Gasteiger partial charge on any atom is -0.493 e. The molecule has 2 atom stereocenters. The fraction of sp³-hybridized carbons (Fsp3) is 0.625. The summed E-state index contributed by atoms with van der Waals surface area (Å²) in [7, 11) is 0. The molecule has 0 bridgehead atoms. The minimum atomic E-state index is -0.164. The molecule has 0 radical (unpaired) electrons. The van der Waals surface area contributed by atoms with E-state index in [1.165, 1.54) is 0 Å². The molecule has 1 heterocycles. The summed E-state index contributed by atoms with van der Waals surface area (Å²) < 4.78 is 12.0. The highest BCUT2D eigenvalue weighted by Crippen LogP contribution is 2.44. The summed E-state index contributed by atoms with van der Waals surface area (Å²) in [5.74, 6) is 2.25. The molecule has 19 heavy (non-hydrogen) atoms. The number of hydrogen-bond acceptors (Lipinski definition) is 3. The normalized spacial score (nSPS) is 25.9. The van der Waals surface area contributed by atoms with Crippen LogP contribution in [0.2, 0.25) is 0 Å². The summed E-state index contributed by atoms with van der Waals surface area (Å²) in [6.45, 7) is 9.24. The van der Waals surface area contributed by atoms with Gasteiger partial charge in [-0.1, -0.05) is 26.8 Å². The Morgan fingerprint density at radius 3 is 2.84 bits per heavy atom. The molecule has 106 valence electrons. The van der Waals surface area contributed by atoms with Crippen molar-refractivity contribution in [1.29, 1.82) is 0 Å². The Morgan fingerprint density at radius 2 is 2.21 bits per heavy atom. The van der Waals surface area contributed by atoms with Crippen LogP contribution >= 0.6 is 0 Å². The molecule has 0 amide bonds. The van der Waals surface area contributed by atoms with E-state index >= 15 is 0 Å². The quantitative estimate of drug-likeness (QED) is 0.901. The minimum absolute atomic E-state index is 0.0166. The summed E-state index contributed by atoms with van der Waals surface area (Å²) in [5.41, 5.74) is 7.20. The van der Waals surface area contributed by atoms with Crippen LogP contribution in [-0.2, 0) is 0 Å². The molecule has 1 aromatic rings. The maximum absolute atomic E-state index is 6.34. The van der Waals surface area contributed by atoms with E-state index in [2.05, 4.69) is 27.7 Å². The van der Waals surface area contributed by atoms with Crippen molar-refractivity contribution >= 4 is 0 Å². The third-order valence-corrected chi connectivity index (χ3v) is 3.73. The maximum atomic E-state index is 6.34. The predicted molar refractivity (Wildman–Crippen MR) is 77.6 cm³/mol. The third kappa shape index (κ3) is 3.03. The Kier molecular flexibility index (Phi) is 4.04.